The van der Waals surface area contributed by atoms with Crippen LogP contribution in [-0.2, 0) is 6.54 Å². The first-order valence-corrected chi connectivity index (χ1v) is 7.92. The predicted octanol–water partition coefficient (Wildman–Crippen LogP) is 3.46. The second-order valence-electron chi connectivity index (χ2n) is 6.19. The molecule has 0 radical (unpaired) electrons. The van der Waals surface area contributed by atoms with E-state index in [0.717, 1.165) is 35.6 Å². The van der Waals surface area contributed by atoms with E-state index in [-0.39, 0.29) is 5.54 Å². The molecule has 0 amide bonds. The third kappa shape index (κ3) is 3.05. The number of benzene rings is 1. The van der Waals surface area contributed by atoms with Gasteiger partial charge in [0.25, 0.3) is 0 Å². The van der Waals surface area contributed by atoms with Crippen LogP contribution in [0.2, 0.25) is 5.02 Å². The van der Waals surface area contributed by atoms with E-state index < -0.39 is 0 Å². The fourth-order valence-corrected chi connectivity index (χ4v) is 3.24. The Balaban J connectivity index is 1.79. The Bertz CT molecular complexity index is 633. The number of likely N-dealkylation sites (tertiary alicyclic amines) is 1. The van der Waals surface area contributed by atoms with Crippen LogP contribution < -0.4 is 5.32 Å². The minimum Gasteiger partial charge on any atom is -0.314 e. The van der Waals surface area contributed by atoms with Crippen molar-refractivity contribution in [2.24, 2.45) is 0 Å². The Kier molecular flexibility index (Phi) is 4.16. The van der Waals surface area contributed by atoms with Crippen molar-refractivity contribution >= 4 is 22.5 Å². The van der Waals surface area contributed by atoms with Gasteiger partial charge in [-0.25, -0.2) is 0 Å². The molecule has 112 valence electrons. The van der Waals surface area contributed by atoms with Gasteiger partial charge in [-0.1, -0.05) is 17.7 Å². The molecule has 0 aliphatic carbocycles. The van der Waals surface area contributed by atoms with E-state index in [0.29, 0.717) is 0 Å². The first kappa shape index (κ1) is 14.8. The van der Waals surface area contributed by atoms with Crippen molar-refractivity contribution in [1.82, 2.24) is 15.2 Å². The van der Waals surface area contributed by atoms with Gasteiger partial charge in [0.05, 0.1) is 5.52 Å². The number of fused-ring (bicyclic) bond motifs is 1. The summed E-state index contributed by atoms with van der Waals surface area (Å²) in [5.41, 5.74) is 2.59. The second-order valence-corrected chi connectivity index (χ2v) is 6.60. The van der Waals surface area contributed by atoms with Gasteiger partial charge < -0.3 is 5.32 Å². The maximum atomic E-state index is 6.27. The molecular weight excluding hydrogens is 282 g/mol. The number of hydrogen-bond acceptors (Lipinski definition) is 3. The van der Waals surface area contributed by atoms with Gasteiger partial charge in [-0.2, -0.15) is 0 Å². The molecule has 1 aromatic carbocycles. The number of aromatic nitrogens is 1. The lowest BCUT2D eigenvalue weighted by Gasteiger charge is -2.39. The number of pyridine rings is 1. The molecule has 2 heterocycles. The summed E-state index contributed by atoms with van der Waals surface area (Å²) in [7, 11) is 2.06. The number of nitrogens with one attached hydrogen (secondary N) is 1. The summed E-state index contributed by atoms with van der Waals surface area (Å²) < 4.78 is 0. The SMILES string of the molecule is CNC1(C)CCN(Cc2ccc(Cl)c3cccnc23)CC1. The van der Waals surface area contributed by atoms with Crippen LogP contribution >= 0.6 is 11.6 Å². The molecular formula is C17H22ClN3. The van der Waals surface area contributed by atoms with Crippen molar-refractivity contribution < 1.29 is 0 Å². The first-order valence-electron chi connectivity index (χ1n) is 7.55. The number of rotatable bonds is 3. The summed E-state index contributed by atoms with van der Waals surface area (Å²) in [6.07, 6.45) is 4.21. The van der Waals surface area contributed by atoms with Crippen LogP contribution in [-0.4, -0.2) is 35.6 Å². The molecule has 1 aromatic heterocycles. The molecule has 1 aliphatic rings. The summed E-state index contributed by atoms with van der Waals surface area (Å²) >= 11 is 6.27. The first-order chi connectivity index (χ1) is 10.1. The maximum Gasteiger partial charge on any atom is 0.0761 e. The zero-order chi connectivity index (χ0) is 14.9. The molecule has 0 bridgehead atoms. The standard InChI is InChI=1S/C17H22ClN3/c1-17(19-2)7-10-21(11-8-17)12-13-5-6-15(18)14-4-3-9-20-16(13)14/h3-6,9,19H,7-8,10-12H2,1-2H3. The van der Waals surface area contributed by atoms with Crippen LogP contribution in [0.5, 0.6) is 0 Å². The highest BCUT2D eigenvalue weighted by Gasteiger charge is 2.28. The van der Waals surface area contributed by atoms with E-state index in [1.165, 1.54) is 18.4 Å². The lowest BCUT2D eigenvalue weighted by atomic mass is 9.89. The molecule has 3 rings (SSSR count). The van der Waals surface area contributed by atoms with E-state index >= 15 is 0 Å². The highest BCUT2D eigenvalue weighted by Crippen LogP contribution is 2.27. The average molecular weight is 304 g/mol. The quantitative estimate of drug-likeness (QED) is 0.941. The summed E-state index contributed by atoms with van der Waals surface area (Å²) in [5, 5.41) is 5.28. The van der Waals surface area contributed by atoms with Gasteiger partial charge in [0.15, 0.2) is 0 Å². The molecule has 0 atom stereocenters. The molecule has 3 nitrogen and oxygen atoms in total. The van der Waals surface area contributed by atoms with Gasteiger partial charge in [-0.15, -0.1) is 0 Å². The Morgan fingerprint density at radius 2 is 2.05 bits per heavy atom. The van der Waals surface area contributed by atoms with E-state index in [1.807, 2.05) is 24.4 Å². The van der Waals surface area contributed by atoms with Gasteiger partial charge in [0.1, 0.15) is 0 Å². The normalized spacial score (nSPS) is 19.0. The molecule has 1 fully saturated rings. The predicted molar refractivity (Wildman–Crippen MR) is 88.7 cm³/mol. The molecule has 4 heteroatoms. The highest BCUT2D eigenvalue weighted by molar-refractivity contribution is 6.35. The van der Waals surface area contributed by atoms with Crippen molar-refractivity contribution in [2.45, 2.75) is 31.8 Å². The Hall–Kier alpha value is -1.16. The smallest absolute Gasteiger partial charge is 0.0761 e. The fraction of sp³-hybridized carbons (Fsp3) is 0.471. The lowest BCUT2D eigenvalue weighted by molar-refractivity contribution is 0.146. The lowest BCUT2D eigenvalue weighted by Crippen LogP contribution is -2.49. The van der Waals surface area contributed by atoms with Crippen molar-refractivity contribution in [3.8, 4) is 0 Å². The number of nitrogens with zero attached hydrogens (tertiary/aromatic N) is 2. The topological polar surface area (TPSA) is 28.2 Å². The number of piperidine rings is 1. The molecule has 0 unspecified atom stereocenters. The van der Waals surface area contributed by atoms with Gasteiger partial charge in [0.2, 0.25) is 0 Å². The number of hydrogen-bond donors (Lipinski definition) is 1. The van der Waals surface area contributed by atoms with E-state index in [9.17, 15) is 0 Å². The summed E-state index contributed by atoms with van der Waals surface area (Å²) in [5.74, 6) is 0. The van der Waals surface area contributed by atoms with Gasteiger partial charge >= 0.3 is 0 Å². The van der Waals surface area contributed by atoms with Crippen molar-refractivity contribution in [2.75, 3.05) is 20.1 Å². The average Bonchev–Trinajstić information content (AvgIpc) is 2.53. The molecule has 1 saturated heterocycles. The highest BCUT2D eigenvalue weighted by atomic mass is 35.5. The third-order valence-corrected chi connectivity index (χ3v) is 5.09. The molecule has 0 saturated carbocycles. The summed E-state index contributed by atoms with van der Waals surface area (Å²) in [6, 6.07) is 8.09. The molecule has 2 aromatic rings. The van der Waals surface area contributed by atoms with Crippen LogP contribution in [0.4, 0.5) is 0 Å². The molecule has 21 heavy (non-hydrogen) atoms. The zero-order valence-corrected chi connectivity index (χ0v) is 13.5. The van der Waals surface area contributed by atoms with Crippen LogP contribution in [0.25, 0.3) is 10.9 Å². The van der Waals surface area contributed by atoms with E-state index in [2.05, 4.69) is 35.2 Å². The monoisotopic (exact) mass is 303 g/mol. The third-order valence-electron chi connectivity index (χ3n) is 4.76. The van der Waals surface area contributed by atoms with Gasteiger partial charge in [-0.3, -0.25) is 9.88 Å². The Morgan fingerprint density at radius 1 is 1.29 bits per heavy atom. The van der Waals surface area contributed by atoms with Crippen LogP contribution in [0.3, 0.4) is 0 Å². The van der Waals surface area contributed by atoms with Crippen LogP contribution in [0, 0.1) is 0 Å². The minimum absolute atomic E-state index is 0.289. The Morgan fingerprint density at radius 3 is 2.76 bits per heavy atom. The zero-order valence-electron chi connectivity index (χ0n) is 12.7. The molecule has 1 aliphatic heterocycles. The largest absolute Gasteiger partial charge is 0.314 e. The fourth-order valence-electron chi connectivity index (χ4n) is 3.02. The van der Waals surface area contributed by atoms with Crippen LogP contribution in [0.1, 0.15) is 25.3 Å². The minimum atomic E-state index is 0.289. The number of halogens is 1. The molecule has 1 N–H and O–H groups in total. The van der Waals surface area contributed by atoms with Crippen molar-refractivity contribution in [1.29, 1.82) is 0 Å². The Labute approximate surface area is 131 Å². The summed E-state index contributed by atoms with van der Waals surface area (Å²) in [6.45, 7) is 5.50. The van der Waals surface area contributed by atoms with Crippen molar-refractivity contribution in [3.63, 3.8) is 0 Å². The second kappa shape index (κ2) is 5.91. The van der Waals surface area contributed by atoms with E-state index in [1.54, 1.807) is 0 Å². The maximum absolute atomic E-state index is 6.27. The van der Waals surface area contributed by atoms with Gasteiger partial charge in [0, 0.05) is 41.8 Å². The van der Waals surface area contributed by atoms with Crippen molar-refractivity contribution in [3.05, 3.63) is 41.0 Å². The van der Waals surface area contributed by atoms with Crippen LogP contribution in [0.15, 0.2) is 30.5 Å². The van der Waals surface area contributed by atoms with Gasteiger partial charge in [-0.05, 0) is 50.6 Å². The van der Waals surface area contributed by atoms with E-state index in [4.69, 9.17) is 11.6 Å². The summed E-state index contributed by atoms with van der Waals surface area (Å²) in [4.78, 5) is 7.04. The molecule has 0 spiro atoms.